The minimum Gasteiger partial charge on any atom is -0.381 e. The average Bonchev–Trinajstić information content (AvgIpc) is 2.88. The normalized spacial score (nSPS) is 20.5. The Labute approximate surface area is 136 Å². The van der Waals surface area contributed by atoms with E-state index in [1.165, 1.54) is 12.1 Å². The number of sulfonamides is 1. The SMILES string of the molecule is CC(C)[C@H](NS(=O)(=O)C[C@H]1CCOC1)c1ccc(Cl)cc1F. The van der Waals surface area contributed by atoms with E-state index in [9.17, 15) is 12.8 Å². The van der Waals surface area contributed by atoms with Gasteiger partial charge in [0.25, 0.3) is 0 Å². The van der Waals surface area contributed by atoms with Gasteiger partial charge in [0.2, 0.25) is 10.0 Å². The molecule has 124 valence electrons. The van der Waals surface area contributed by atoms with Crippen molar-refractivity contribution >= 4 is 21.6 Å². The van der Waals surface area contributed by atoms with Crippen LogP contribution in [0, 0.1) is 17.7 Å². The van der Waals surface area contributed by atoms with Gasteiger partial charge in [0.15, 0.2) is 0 Å². The molecule has 1 aromatic rings. The first-order chi connectivity index (χ1) is 10.3. The number of nitrogens with one attached hydrogen (secondary N) is 1. The van der Waals surface area contributed by atoms with Crippen molar-refractivity contribution in [2.24, 2.45) is 11.8 Å². The van der Waals surface area contributed by atoms with Crippen molar-refractivity contribution in [1.82, 2.24) is 4.72 Å². The fraction of sp³-hybridized carbons (Fsp3) is 0.600. The van der Waals surface area contributed by atoms with E-state index >= 15 is 0 Å². The van der Waals surface area contributed by atoms with E-state index in [0.29, 0.717) is 18.8 Å². The molecule has 2 rings (SSSR count). The summed E-state index contributed by atoms with van der Waals surface area (Å²) in [7, 11) is -3.51. The molecule has 1 aliphatic heterocycles. The second-order valence-corrected chi connectivity index (χ2v) is 8.25. The molecule has 0 saturated carbocycles. The molecule has 0 bridgehead atoms. The number of hydrogen-bond acceptors (Lipinski definition) is 3. The van der Waals surface area contributed by atoms with Crippen LogP contribution in [0.4, 0.5) is 4.39 Å². The Morgan fingerprint density at radius 3 is 2.73 bits per heavy atom. The molecule has 1 saturated heterocycles. The lowest BCUT2D eigenvalue weighted by molar-refractivity contribution is 0.188. The van der Waals surface area contributed by atoms with Gasteiger partial charge in [-0.3, -0.25) is 0 Å². The van der Waals surface area contributed by atoms with E-state index in [4.69, 9.17) is 16.3 Å². The van der Waals surface area contributed by atoms with Crippen molar-refractivity contribution in [3.05, 3.63) is 34.6 Å². The summed E-state index contributed by atoms with van der Waals surface area (Å²) in [6.07, 6.45) is 0.739. The van der Waals surface area contributed by atoms with E-state index < -0.39 is 21.9 Å². The van der Waals surface area contributed by atoms with Gasteiger partial charge in [-0.1, -0.05) is 31.5 Å². The van der Waals surface area contributed by atoms with Crippen molar-refractivity contribution < 1.29 is 17.5 Å². The van der Waals surface area contributed by atoms with E-state index in [-0.39, 0.29) is 22.6 Å². The molecule has 1 N–H and O–H groups in total. The first kappa shape index (κ1) is 17.7. The molecule has 1 aromatic carbocycles. The number of hydrogen-bond donors (Lipinski definition) is 1. The van der Waals surface area contributed by atoms with E-state index in [1.54, 1.807) is 6.07 Å². The maximum atomic E-state index is 14.1. The maximum Gasteiger partial charge on any atom is 0.212 e. The Morgan fingerprint density at radius 2 is 2.18 bits per heavy atom. The second kappa shape index (κ2) is 7.25. The number of halogens is 2. The highest BCUT2D eigenvalue weighted by Gasteiger charge is 2.28. The predicted octanol–water partition coefficient (Wildman–Crippen LogP) is 3.13. The van der Waals surface area contributed by atoms with Crippen LogP contribution < -0.4 is 4.72 Å². The standard InChI is InChI=1S/C15H21ClFNO3S/c1-10(2)15(13-4-3-12(16)7-14(13)17)18-22(19,20)9-11-5-6-21-8-11/h3-4,7,10-11,15,18H,5-6,8-9H2,1-2H3/t11-,15-/m0/s1. The van der Waals surface area contributed by atoms with Gasteiger partial charge in [-0.05, 0) is 30.4 Å². The Kier molecular flexibility index (Phi) is 5.82. The minimum atomic E-state index is -3.51. The Hall–Kier alpha value is -0.690. The van der Waals surface area contributed by atoms with Gasteiger partial charge in [0.05, 0.1) is 18.4 Å². The van der Waals surface area contributed by atoms with Gasteiger partial charge < -0.3 is 4.74 Å². The molecular formula is C15H21ClFNO3S. The number of ether oxygens (including phenoxy) is 1. The molecule has 22 heavy (non-hydrogen) atoms. The fourth-order valence-electron chi connectivity index (χ4n) is 2.58. The van der Waals surface area contributed by atoms with Crippen molar-refractivity contribution in [3.8, 4) is 0 Å². The molecule has 1 aliphatic rings. The fourth-order valence-corrected chi connectivity index (χ4v) is 4.50. The number of rotatable bonds is 6. The molecular weight excluding hydrogens is 329 g/mol. The molecule has 0 amide bonds. The van der Waals surface area contributed by atoms with Crippen LogP contribution in [0.1, 0.15) is 31.9 Å². The molecule has 1 fully saturated rings. The molecule has 2 atom stereocenters. The van der Waals surface area contributed by atoms with Gasteiger partial charge in [-0.2, -0.15) is 0 Å². The second-order valence-electron chi connectivity index (χ2n) is 6.02. The van der Waals surface area contributed by atoms with Crippen molar-refractivity contribution in [1.29, 1.82) is 0 Å². The zero-order valence-electron chi connectivity index (χ0n) is 12.7. The largest absolute Gasteiger partial charge is 0.381 e. The minimum absolute atomic E-state index is 0.000349. The van der Waals surface area contributed by atoms with E-state index in [2.05, 4.69) is 4.72 Å². The summed E-state index contributed by atoms with van der Waals surface area (Å²) in [5.74, 6) is -0.588. The average molecular weight is 350 g/mol. The van der Waals surface area contributed by atoms with Crippen LogP contribution in [-0.2, 0) is 14.8 Å². The highest BCUT2D eigenvalue weighted by molar-refractivity contribution is 7.89. The summed E-state index contributed by atoms with van der Waals surface area (Å²) in [6.45, 7) is 4.75. The third-order valence-electron chi connectivity index (χ3n) is 3.75. The van der Waals surface area contributed by atoms with Gasteiger partial charge in [-0.15, -0.1) is 0 Å². The van der Waals surface area contributed by atoms with Crippen LogP contribution >= 0.6 is 11.6 Å². The van der Waals surface area contributed by atoms with E-state index in [0.717, 1.165) is 6.42 Å². The molecule has 4 nitrogen and oxygen atoms in total. The molecule has 1 heterocycles. The zero-order valence-corrected chi connectivity index (χ0v) is 14.3. The quantitative estimate of drug-likeness (QED) is 0.858. The Bertz CT molecular complexity index is 615. The van der Waals surface area contributed by atoms with Crippen molar-refractivity contribution in [3.63, 3.8) is 0 Å². The Balaban J connectivity index is 2.17. The third-order valence-corrected chi connectivity index (χ3v) is 5.51. The summed E-state index contributed by atoms with van der Waals surface area (Å²) < 4.78 is 46.6. The predicted molar refractivity (Wildman–Crippen MR) is 84.8 cm³/mol. The topological polar surface area (TPSA) is 55.4 Å². The van der Waals surface area contributed by atoms with Crippen LogP contribution in [0.2, 0.25) is 5.02 Å². The van der Waals surface area contributed by atoms with Crippen molar-refractivity contribution in [2.45, 2.75) is 26.3 Å². The van der Waals surface area contributed by atoms with Gasteiger partial charge in [0, 0.05) is 17.2 Å². The monoisotopic (exact) mass is 349 g/mol. The van der Waals surface area contributed by atoms with Crippen LogP contribution in [0.15, 0.2) is 18.2 Å². The van der Waals surface area contributed by atoms with Crippen molar-refractivity contribution in [2.75, 3.05) is 19.0 Å². The molecule has 0 aromatic heterocycles. The van der Waals surface area contributed by atoms with Crippen LogP contribution in [0.3, 0.4) is 0 Å². The molecule has 7 heteroatoms. The highest BCUT2D eigenvalue weighted by atomic mass is 35.5. The van der Waals surface area contributed by atoms with Crippen LogP contribution in [-0.4, -0.2) is 27.4 Å². The molecule has 0 spiro atoms. The Morgan fingerprint density at radius 1 is 1.45 bits per heavy atom. The summed E-state index contributed by atoms with van der Waals surface area (Å²) in [5.41, 5.74) is 0.311. The number of benzene rings is 1. The lowest BCUT2D eigenvalue weighted by atomic mass is 9.97. The van der Waals surface area contributed by atoms with E-state index in [1.807, 2.05) is 13.8 Å². The lowest BCUT2D eigenvalue weighted by Gasteiger charge is -2.24. The van der Waals surface area contributed by atoms with Gasteiger partial charge in [-0.25, -0.2) is 17.5 Å². The first-order valence-electron chi connectivity index (χ1n) is 7.31. The summed E-state index contributed by atoms with van der Waals surface area (Å²) in [4.78, 5) is 0. The summed E-state index contributed by atoms with van der Waals surface area (Å²) in [6, 6.07) is 3.67. The first-order valence-corrected chi connectivity index (χ1v) is 9.34. The summed E-state index contributed by atoms with van der Waals surface area (Å²) >= 11 is 5.76. The van der Waals surface area contributed by atoms with Gasteiger partial charge in [0.1, 0.15) is 5.82 Å². The third kappa shape index (κ3) is 4.65. The molecule has 0 aliphatic carbocycles. The van der Waals surface area contributed by atoms with Gasteiger partial charge >= 0.3 is 0 Å². The summed E-state index contributed by atoms with van der Waals surface area (Å²) in [5, 5.41) is 0.287. The smallest absolute Gasteiger partial charge is 0.212 e. The molecule has 0 radical (unpaired) electrons. The highest BCUT2D eigenvalue weighted by Crippen LogP contribution is 2.27. The zero-order chi connectivity index (χ0) is 16.3. The maximum absolute atomic E-state index is 14.1. The lowest BCUT2D eigenvalue weighted by Crippen LogP contribution is -2.36. The molecule has 0 unspecified atom stereocenters. The van der Waals surface area contributed by atoms with Crippen LogP contribution in [0.5, 0.6) is 0 Å². The van der Waals surface area contributed by atoms with Crippen LogP contribution in [0.25, 0.3) is 0 Å².